The van der Waals surface area contributed by atoms with E-state index in [0.717, 1.165) is 34.0 Å². The molecule has 4 rings (SSSR count). The van der Waals surface area contributed by atoms with Gasteiger partial charge in [-0.1, -0.05) is 6.07 Å². The average molecular weight is 300 g/mol. The van der Waals surface area contributed by atoms with Crippen molar-refractivity contribution in [2.24, 2.45) is 0 Å². The second-order valence-corrected chi connectivity index (χ2v) is 5.04. The summed E-state index contributed by atoms with van der Waals surface area (Å²) in [7, 11) is 1.64. The zero-order valence-corrected chi connectivity index (χ0v) is 12.1. The predicted molar refractivity (Wildman–Crippen MR) is 81.1 cm³/mol. The van der Waals surface area contributed by atoms with Crippen LogP contribution >= 0.6 is 12.2 Å². The molecule has 5 nitrogen and oxygen atoms in total. The molecule has 0 fully saturated rings. The van der Waals surface area contributed by atoms with Gasteiger partial charge in [0, 0.05) is 6.07 Å². The van der Waals surface area contributed by atoms with Gasteiger partial charge < -0.3 is 19.2 Å². The smallest absolute Gasteiger partial charge is 0.231 e. The summed E-state index contributed by atoms with van der Waals surface area (Å²) in [5.41, 5.74) is 2.75. The zero-order valence-electron chi connectivity index (χ0n) is 11.3. The molecule has 0 radical (unpaired) electrons. The highest BCUT2D eigenvalue weighted by atomic mass is 32.1. The fourth-order valence-electron chi connectivity index (χ4n) is 2.55. The Balaban J connectivity index is 1.98. The van der Waals surface area contributed by atoms with E-state index in [0.29, 0.717) is 4.77 Å². The summed E-state index contributed by atoms with van der Waals surface area (Å²) < 4.78 is 18.7. The third-order valence-electron chi connectivity index (χ3n) is 3.51. The molecule has 0 bridgehead atoms. The van der Waals surface area contributed by atoms with Gasteiger partial charge in [-0.3, -0.25) is 4.57 Å². The van der Waals surface area contributed by atoms with Crippen molar-refractivity contribution in [1.29, 1.82) is 0 Å². The lowest BCUT2D eigenvalue weighted by atomic mass is 10.2. The maximum Gasteiger partial charge on any atom is 0.231 e. The fourth-order valence-corrected chi connectivity index (χ4v) is 2.86. The number of hydrogen-bond acceptors (Lipinski definition) is 4. The van der Waals surface area contributed by atoms with Crippen molar-refractivity contribution in [2.75, 3.05) is 13.9 Å². The number of H-pyrrole nitrogens is 1. The van der Waals surface area contributed by atoms with Gasteiger partial charge in [0.1, 0.15) is 11.3 Å². The number of fused-ring (bicyclic) bond motifs is 2. The molecule has 1 aliphatic rings. The van der Waals surface area contributed by atoms with Crippen molar-refractivity contribution >= 4 is 23.3 Å². The molecular formula is C15H12N2O3S. The number of aromatic amines is 1. The summed E-state index contributed by atoms with van der Waals surface area (Å²) in [6, 6.07) is 11.6. The van der Waals surface area contributed by atoms with E-state index in [9.17, 15) is 0 Å². The summed E-state index contributed by atoms with van der Waals surface area (Å²) in [4.78, 5) is 3.19. The van der Waals surface area contributed by atoms with Crippen molar-refractivity contribution in [3.05, 3.63) is 41.2 Å². The quantitative estimate of drug-likeness (QED) is 0.737. The average Bonchev–Trinajstić information content (AvgIpc) is 3.08. The maximum absolute atomic E-state index is 5.45. The topological polar surface area (TPSA) is 48.4 Å². The predicted octanol–water partition coefficient (Wildman–Crippen LogP) is 3.43. The van der Waals surface area contributed by atoms with Gasteiger partial charge in [-0.25, -0.2) is 0 Å². The molecule has 1 N–H and O–H groups in total. The Morgan fingerprint density at radius 3 is 2.90 bits per heavy atom. The van der Waals surface area contributed by atoms with Gasteiger partial charge in [0.25, 0.3) is 0 Å². The van der Waals surface area contributed by atoms with E-state index in [-0.39, 0.29) is 6.79 Å². The molecule has 0 aliphatic carbocycles. The number of ether oxygens (including phenoxy) is 3. The Morgan fingerprint density at radius 2 is 2.05 bits per heavy atom. The Kier molecular flexibility index (Phi) is 2.65. The first kappa shape index (κ1) is 12.3. The zero-order chi connectivity index (χ0) is 14.4. The van der Waals surface area contributed by atoms with Gasteiger partial charge in [-0.2, -0.15) is 0 Å². The molecule has 21 heavy (non-hydrogen) atoms. The van der Waals surface area contributed by atoms with Crippen LogP contribution in [0.4, 0.5) is 0 Å². The monoisotopic (exact) mass is 300 g/mol. The number of rotatable bonds is 2. The van der Waals surface area contributed by atoms with Crippen LogP contribution in [0.5, 0.6) is 17.2 Å². The van der Waals surface area contributed by atoms with Crippen LogP contribution in [0.15, 0.2) is 36.4 Å². The van der Waals surface area contributed by atoms with E-state index in [1.165, 1.54) is 0 Å². The molecular weight excluding hydrogens is 288 g/mol. The van der Waals surface area contributed by atoms with Gasteiger partial charge in [0.15, 0.2) is 16.3 Å². The van der Waals surface area contributed by atoms with E-state index in [2.05, 4.69) is 4.98 Å². The second kappa shape index (κ2) is 4.53. The highest BCUT2D eigenvalue weighted by Gasteiger charge is 2.16. The van der Waals surface area contributed by atoms with Crippen LogP contribution in [0.2, 0.25) is 0 Å². The normalized spacial score (nSPS) is 12.8. The largest absolute Gasteiger partial charge is 0.494 e. The van der Waals surface area contributed by atoms with E-state index in [1.807, 2.05) is 41.0 Å². The third kappa shape index (κ3) is 1.80. The fraction of sp³-hybridized carbons (Fsp3) is 0.133. The van der Waals surface area contributed by atoms with Crippen molar-refractivity contribution < 1.29 is 14.2 Å². The van der Waals surface area contributed by atoms with E-state index >= 15 is 0 Å². The lowest BCUT2D eigenvalue weighted by molar-refractivity contribution is 0.174. The van der Waals surface area contributed by atoms with Crippen LogP contribution in [-0.2, 0) is 0 Å². The number of hydrogen-bond donors (Lipinski definition) is 1. The lowest BCUT2D eigenvalue weighted by Gasteiger charge is -2.06. The van der Waals surface area contributed by atoms with Crippen molar-refractivity contribution in [2.45, 2.75) is 0 Å². The number of nitrogens with zero attached hydrogens (tertiary/aromatic N) is 1. The van der Waals surface area contributed by atoms with Gasteiger partial charge in [-0.05, 0) is 36.5 Å². The first-order valence-corrected chi connectivity index (χ1v) is 6.86. The molecule has 0 amide bonds. The molecule has 0 spiro atoms. The Morgan fingerprint density at radius 1 is 1.19 bits per heavy atom. The van der Waals surface area contributed by atoms with Crippen LogP contribution in [0.3, 0.4) is 0 Å². The first-order chi connectivity index (χ1) is 10.3. The minimum absolute atomic E-state index is 0.256. The summed E-state index contributed by atoms with van der Waals surface area (Å²) in [5, 5.41) is 0. The van der Waals surface area contributed by atoms with Crippen LogP contribution in [-0.4, -0.2) is 23.5 Å². The van der Waals surface area contributed by atoms with Crippen LogP contribution in [0.1, 0.15) is 0 Å². The minimum atomic E-state index is 0.256. The summed E-state index contributed by atoms with van der Waals surface area (Å²) in [6.45, 7) is 0.256. The molecule has 0 saturated carbocycles. The number of aromatic nitrogens is 2. The van der Waals surface area contributed by atoms with E-state index < -0.39 is 0 Å². The molecule has 2 heterocycles. The maximum atomic E-state index is 5.45. The van der Waals surface area contributed by atoms with Crippen molar-refractivity contribution in [3.63, 3.8) is 0 Å². The van der Waals surface area contributed by atoms with Gasteiger partial charge in [0.2, 0.25) is 6.79 Å². The van der Waals surface area contributed by atoms with E-state index in [1.54, 1.807) is 7.11 Å². The Bertz CT molecular complexity index is 898. The van der Waals surface area contributed by atoms with Crippen LogP contribution in [0, 0.1) is 4.77 Å². The minimum Gasteiger partial charge on any atom is -0.494 e. The second-order valence-electron chi connectivity index (χ2n) is 4.66. The van der Waals surface area contributed by atoms with Gasteiger partial charge in [-0.15, -0.1) is 0 Å². The number of nitrogens with one attached hydrogen (secondary N) is 1. The first-order valence-electron chi connectivity index (χ1n) is 6.45. The summed E-state index contributed by atoms with van der Waals surface area (Å²) in [5.74, 6) is 2.24. The summed E-state index contributed by atoms with van der Waals surface area (Å²) >= 11 is 5.45. The van der Waals surface area contributed by atoms with Gasteiger partial charge >= 0.3 is 0 Å². The molecule has 3 aromatic rings. The number of methoxy groups -OCH3 is 1. The number of imidazole rings is 1. The number of benzene rings is 2. The molecule has 1 aliphatic heterocycles. The molecule has 1 aromatic heterocycles. The highest BCUT2D eigenvalue weighted by Crippen LogP contribution is 2.35. The lowest BCUT2D eigenvalue weighted by Crippen LogP contribution is -1.94. The molecule has 0 unspecified atom stereocenters. The van der Waals surface area contributed by atoms with Crippen LogP contribution in [0.25, 0.3) is 16.7 Å². The van der Waals surface area contributed by atoms with Gasteiger partial charge in [0.05, 0.1) is 18.3 Å². The standard InChI is InChI=1S/C15H12N2O3S/c1-18-12-4-2-3-10-14(12)16-15(21)17(10)9-5-6-11-13(7-9)20-8-19-11/h2-7H,8H2,1H3,(H,16,21). The Hall–Kier alpha value is -2.47. The number of para-hydroxylation sites is 1. The highest BCUT2D eigenvalue weighted by molar-refractivity contribution is 7.71. The molecule has 2 aromatic carbocycles. The third-order valence-corrected chi connectivity index (χ3v) is 3.80. The molecule has 106 valence electrons. The molecule has 6 heteroatoms. The van der Waals surface area contributed by atoms with Crippen molar-refractivity contribution in [1.82, 2.24) is 9.55 Å². The Labute approximate surface area is 125 Å². The SMILES string of the molecule is COc1cccc2c1[nH]c(=S)n2-c1ccc2c(c1)OCO2. The summed E-state index contributed by atoms with van der Waals surface area (Å²) in [6.07, 6.45) is 0. The molecule has 0 atom stereocenters. The molecule has 0 saturated heterocycles. The van der Waals surface area contributed by atoms with Crippen LogP contribution < -0.4 is 14.2 Å². The van der Waals surface area contributed by atoms with Crippen molar-refractivity contribution in [3.8, 4) is 22.9 Å². The van der Waals surface area contributed by atoms with E-state index in [4.69, 9.17) is 26.4 Å².